The summed E-state index contributed by atoms with van der Waals surface area (Å²) in [7, 11) is 7.20. The first-order valence-electron chi connectivity index (χ1n) is 14.9. The van der Waals surface area contributed by atoms with Crippen LogP contribution in [0, 0.1) is 23.7 Å². The molecule has 2 N–H and O–H groups in total. The molecule has 39 heavy (non-hydrogen) atoms. The molecule has 1 fully saturated rings. The summed E-state index contributed by atoms with van der Waals surface area (Å²) in [4.78, 5) is 57.9. The number of hydrogen-bond donors (Lipinski definition) is 2. The average Bonchev–Trinajstić information content (AvgIpc) is 3.33. The van der Waals surface area contributed by atoms with E-state index in [1.807, 2.05) is 58.5 Å². The number of likely N-dealkylation sites (N-methyl/N-ethyl adjacent to an activating group) is 2. The molecule has 9 nitrogen and oxygen atoms in total. The van der Waals surface area contributed by atoms with Gasteiger partial charge in [-0.2, -0.15) is 0 Å². The maximum absolute atomic E-state index is 13.8. The van der Waals surface area contributed by atoms with Gasteiger partial charge in [0.15, 0.2) is 0 Å². The minimum Gasteiger partial charge on any atom is -0.359 e. The van der Waals surface area contributed by atoms with Gasteiger partial charge in [0.1, 0.15) is 6.04 Å². The first-order chi connectivity index (χ1) is 18.2. The summed E-state index contributed by atoms with van der Waals surface area (Å²) in [6.45, 7) is 14.7. The van der Waals surface area contributed by atoms with Crippen molar-refractivity contribution < 1.29 is 19.2 Å². The van der Waals surface area contributed by atoms with Crippen molar-refractivity contribution in [1.82, 2.24) is 25.3 Å². The third kappa shape index (κ3) is 9.76. The summed E-state index contributed by atoms with van der Waals surface area (Å²) in [5.41, 5.74) is 0. The third-order valence-electron chi connectivity index (χ3n) is 8.50. The molecule has 0 aliphatic carbocycles. The molecule has 0 saturated carbocycles. The number of nitrogens with one attached hydrogen (secondary N) is 2. The van der Waals surface area contributed by atoms with Crippen LogP contribution in [0.4, 0.5) is 0 Å². The molecule has 6 atom stereocenters. The van der Waals surface area contributed by atoms with E-state index in [1.165, 1.54) is 0 Å². The Kier molecular flexibility index (Phi) is 14.5. The standard InChI is InChI=1S/C30H57N5O4/c1-12-21(6)24(15-16-25(36)35-17-13-14-23(35)18-22(7)28(37)31-8)34(11)30(39)26(19(2)3)32-29(38)27(20(4)5)33(9)10/h19-24,26-27H,12-18H2,1-11H3,(H,31,37)(H,32,38)/t21?,22-,23-,24+,26?,27-/m0/s1. The van der Waals surface area contributed by atoms with Crippen molar-refractivity contribution in [3.8, 4) is 0 Å². The van der Waals surface area contributed by atoms with Crippen LogP contribution in [0.2, 0.25) is 0 Å². The van der Waals surface area contributed by atoms with Crippen LogP contribution in [0.5, 0.6) is 0 Å². The highest BCUT2D eigenvalue weighted by molar-refractivity contribution is 5.90. The third-order valence-corrected chi connectivity index (χ3v) is 8.50. The molecule has 0 spiro atoms. The number of rotatable bonds is 15. The molecule has 1 aliphatic rings. The second kappa shape index (κ2) is 16.2. The zero-order chi connectivity index (χ0) is 30.0. The number of nitrogens with zero attached hydrogens (tertiary/aromatic N) is 3. The van der Waals surface area contributed by atoms with Crippen molar-refractivity contribution in [2.45, 2.75) is 111 Å². The fourth-order valence-electron chi connectivity index (χ4n) is 5.99. The van der Waals surface area contributed by atoms with Crippen LogP contribution in [0.1, 0.15) is 87.0 Å². The van der Waals surface area contributed by atoms with Gasteiger partial charge in [-0.25, -0.2) is 0 Å². The lowest BCUT2D eigenvalue weighted by Gasteiger charge is -2.37. The molecule has 0 radical (unpaired) electrons. The summed E-state index contributed by atoms with van der Waals surface area (Å²) >= 11 is 0. The van der Waals surface area contributed by atoms with Gasteiger partial charge in [-0.05, 0) is 57.5 Å². The van der Waals surface area contributed by atoms with E-state index in [0.717, 1.165) is 25.8 Å². The topological polar surface area (TPSA) is 102 Å². The molecule has 1 aliphatic heterocycles. The van der Waals surface area contributed by atoms with Gasteiger partial charge in [0.25, 0.3) is 0 Å². The van der Waals surface area contributed by atoms with Gasteiger partial charge < -0.3 is 20.4 Å². The molecular weight excluding hydrogens is 494 g/mol. The largest absolute Gasteiger partial charge is 0.359 e. The summed E-state index contributed by atoms with van der Waals surface area (Å²) < 4.78 is 0. The molecule has 1 rings (SSSR count). The fraction of sp³-hybridized carbons (Fsp3) is 0.867. The van der Waals surface area contributed by atoms with Crippen molar-refractivity contribution in [3.05, 3.63) is 0 Å². The normalized spacial score (nSPS) is 19.5. The SMILES string of the molecule is CCC(C)[C@@H](CCC(=O)N1CCC[C@H]1C[C@H](C)C(=O)NC)N(C)C(=O)C(NC(=O)[C@H](C(C)C)N(C)C)C(C)C. The minimum absolute atomic E-state index is 0.00312. The van der Waals surface area contributed by atoms with Crippen LogP contribution in [0.25, 0.3) is 0 Å². The molecule has 0 bridgehead atoms. The number of carbonyl (C=O) groups excluding carboxylic acids is 4. The lowest BCUT2D eigenvalue weighted by atomic mass is 9.91. The second-order valence-electron chi connectivity index (χ2n) is 12.5. The van der Waals surface area contributed by atoms with E-state index in [0.29, 0.717) is 19.3 Å². The highest BCUT2D eigenvalue weighted by atomic mass is 16.2. The maximum atomic E-state index is 13.8. The molecular formula is C30H57N5O4. The van der Waals surface area contributed by atoms with Gasteiger partial charge in [0.05, 0.1) is 6.04 Å². The Balaban J connectivity index is 2.98. The molecule has 226 valence electrons. The maximum Gasteiger partial charge on any atom is 0.245 e. The Bertz CT molecular complexity index is 807. The van der Waals surface area contributed by atoms with E-state index >= 15 is 0 Å². The monoisotopic (exact) mass is 551 g/mol. The lowest BCUT2D eigenvalue weighted by molar-refractivity contribution is -0.141. The summed E-state index contributed by atoms with van der Waals surface area (Å²) in [6.07, 6.45) is 4.33. The number of amides is 4. The first kappa shape index (κ1) is 34.9. The van der Waals surface area contributed by atoms with Crippen LogP contribution in [0.3, 0.4) is 0 Å². The van der Waals surface area contributed by atoms with Crippen molar-refractivity contribution in [3.63, 3.8) is 0 Å². The average molecular weight is 552 g/mol. The van der Waals surface area contributed by atoms with E-state index in [4.69, 9.17) is 0 Å². The Labute approximate surface area is 237 Å². The smallest absolute Gasteiger partial charge is 0.245 e. The van der Waals surface area contributed by atoms with Crippen molar-refractivity contribution >= 4 is 23.6 Å². The fourth-order valence-corrected chi connectivity index (χ4v) is 5.99. The Hall–Kier alpha value is -2.16. The highest BCUT2D eigenvalue weighted by Crippen LogP contribution is 2.27. The Morgan fingerprint density at radius 1 is 0.949 bits per heavy atom. The van der Waals surface area contributed by atoms with Crippen LogP contribution < -0.4 is 10.6 Å². The second-order valence-corrected chi connectivity index (χ2v) is 12.5. The van der Waals surface area contributed by atoms with E-state index in [-0.39, 0.29) is 65.4 Å². The van der Waals surface area contributed by atoms with E-state index < -0.39 is 6.04 Å². The van der Waals surface area contributed by atoms with Crippen LogP contribution in [-0.2, 0) is 19.2 Å². The van der Waals surface area contributed by atoms with E-state index in [1.54, 1.807) is 19.0 Å². The van der Waals surface area contributed by atoms with Crippen molar-refractivity contribution in [2.24, 2.45) is 23.7 Å². The Morgan fingerprint density at radius 3 is 2.05 bits per heavy atom. The number of carbonyl (C=O) groups is 4. The van der Waals surface area contributed by atoms with Gasteiger partial charge in [-0.15, -0.1) is 0 Å². The first-order valence-corrected chi connectivity index (χ1v) is 14.9. The molecule has 9 heteroatoms. The predicted octanol–water partition coefficient (Wildman–Crippen LogP) is 3.13. The van der Waals surface area contributed by atoms with E-state index in [9.17, 15) is 19.2 Å². The summed E-state index contributed by atoms with van der Waals surface area (Å²) in [6, 6.07) is -1.01. The molecule has 2 unspecified atom stereocenters. The van der Waals surface area contributed by atoms with Gasteiger partial charge in [-0.1, -0.05) is 54.9 Å². The number of hydrogen-bond acceptors (Lipinski definition) is 5. The molecule has 0 aromatic carbocycles. The van der Waals surface area contributed by atoms with Gasteiger partial charge in [0, 0.05) is 45.1 Å². The molecule has 1 heterocycles. The van der Waals surface area contributed by atoms with Crippen LogP contribution in [-0.4, -0.2) is 97.2 Å². The molecule has 0 aromatic heterocycles. The molecule has 4 amide bonds. The number of likely N-dealkylation sites (tertiary alicyclic amines) is 1. The molecule has 0 aromatic rings. The molecule has 1 saturated heterocycles. The van der Waals surface area contributed by atoms with Crippen LogP contribution in [0.15, 0.2) is 0 Å². The van der Waals surface area contributed by atoms with Crippen molar-refractivity contribution in [2.75, 3.05) is 34.7 Å². The quantitative estimate of drug-likeness (QED) is 0.326. The highest BCUT2D eigenvalue weighted by Gasteiger charge is 2.36. The predicted molar refractivity (Wildman–Crippen MR) is 157 cm³/mol. The lowest BCUT2D eigenvalue weighted by Crippen LogP contribution is -2.57. The minimum atomic E-state index is -0.639. The van der Waals surface area contributed by atoms with Crippen molar-refractivity contribution in [1.29, 1.82) is 0 Å². The zero-order valence-electron chi connectivity index (χ0n) is 26.5. The summed E-state index contributed by atoms with van der Waals surface area (Å²) in [5, 5.41) is 5.74. The summed E-state index contributed by atoms with van der Waals surface area (Å²) in [5.74, 6) is -0.0794. The van der Waals surface area contributed by atoms with Gasteiger partial charge in [0.2, 0.25) is 23.6 Å². The zero-order valence-corrected chi connectivity index (χ0v) is 26.5. The van der Waals surface area contributed by atoms with Gasteiger partial charge in [-0.3, -0.25) is 24.1 Å². The van der Waals surface area contributed by atoms with Crippen LogP contribution >= 0.6 is 0 Å². The van der Waals surface area contributed by atoms with Gasteiger partial charge >= 0.3 is 0 Å². The Morgan fingerprint density at radius 2 is 1.56 bits per heavy atom. The van der Waals surface area contributed by atoms with E-state index in [2.05, 4.69) is 24.5 Å².